The number of anilines is 2. The molecule has 0 saturated heterocycles. The molecule has 4 rings (SSSR count). The molecule has 0 unspecified atom stereocenters. The SMILES string of the molecule is O=[N+]([O-])c1ccc(NCCNc2cccc3ccccc23)c2ncccc12. The first-order valence-corrected chi connectivity index (χ1v) is 8.72. The lowest BCUT2D eigenvalue weighted by atomic mass is 10.1. The average molecular weight is 358 g/mol. The van der Waals surface area contributed by atoms with E-state index in [9.17, 15) is 10.1 Å². The number of benzene rings is 3. The van der Waals surface area contributed by atoms with Crippen molar-refractivity contribution in [3.8, 4) is 0 Å². The van der Waals surface area contributed by atoms with Crippen LogP contribution in [0, 0.1) is 10.1 Å². The zero-order valence-electron chi connectivity index (χ0n) is 14.6. The minimum absolute atomic E-state index is 0.0672. The monoisotopic (exact) mass is 358 g/mol. The van der Waals surface area contributed by atoms with Gasteiger partial charge in [-0.25, -0.2) is 0 Å². The lowest BCUT2D eigenvalue weighted by Gasteiger charge is -2.12. The molecule has 0 aliphatic heterocycles. The first kappa shape index (κ1) is 16.8. The van der Waals surface area contributed by atoms with Gasteiger partial charge < -0.3 is 10.6 Å². The van der Waals surface area contributed by atoms with E-state index in [2.05, 4.69) is 39.9 Å². The van der Waals surface area contributed by atoms with Gasteiger partial charge in [-0.15, -0.1) is 0 Å². The van der Waals surface area contributed by atoms with Gasteiger partial charge in [0.05, 0.1) is 16.0 Å². The number of nitrogens with one attached hydrogen (secondary N) is 2. The average Bonchev–Trinajstić information content (AvgIpc) is 2.71. The first-order valence-electron chi connectivity index (χ1n) is 8.72. The summed E-state index contributed by atoms with van der Waals surface area (Å²) in [6.07, 6.45) is 1.64. The van der Waals surface area contributed by atoms with Crippen LogP contribution in [0.25, 0.3) is 21.7 Å². The summed E-state index contributed by atoms with van der Waals surface area (Å²) in [6.45, 7) is 1.37. The molecule has 1 heterocycles. The molecule has 3 aromatic carbocycles. The number of nitrogens with zero attached hydrogens (tertiary/aromatic N) is 2. The van der Waals surface area contributed by atoms with Gasteiger partial charge in [0.2, 0.25) is 0 Å². The highest BCUT2D eigenvalue weighted by Crippen LogP contribution is 2.29. The third-order valence-electron chi connectivity index (χ3n) is 4.49. The minimum atomic E-state index is -0.379. The normalized spacial score (nSPS) is 10.8. The third-order valence-corrected chi connectivity index (χ3v) is 4.49. The van der Waals surface area contributed by atoms with Crippen molar-refractivity contribution in [3.05, 3.63) is 83.0 Å². The molecule has 0 atom stereocenters. The Morgan fingerprint density at radius 2 is 1.56 bits per heavy atom. The van der Waals surface area contributed by atoms with Gasteiger partial charge in [0, 0.05) is 36.4 Å². The second-order valence-electron chi connectivity index (χ2n) is 6.17. The first-order chi connectivity index (χ1) is 13.2. The number of fused-ring (bicyclic) bond motifs is 2. The van der Waals surface area contributed by atoms with Gasteiger partial charge in [-0.1, -0.05) is 36.4 Å². The zero-order valence-corrected chi connectivity index (χ0v) is 14.6. The van der Waals surface area contributed by atoms with Crippen LogP contribution in [0.15, 0.2) is 72.9 Å². The van der Waals surface area contributed by atoms with Crippen LogP contribution in [0.5, 0.6) is 0 Å². The molecule has 0 amide bonds. The van der Waals surface area contributed by atoms with E-state index in [1.807, 2.05) is 18.2 Å². The molecule has 6 nitrogen and oxygen atoms in total. The van der Waals surface area contributed by atoms with Crippen molar-refractivity contribution in [2.75, 3.05) is 23.7 Å². The van der Waals surface area contributed by atoms with Crippen molar-refractivity contribution in [2.45, 2.75) is 0 Å². The number of aromatic nitrogens is 1. The molecule has 1 aromatic heterocycles. The van der Waals surface area contributed by atoms with E-state index in [1.165, 1.54) is 16.8 Å². The maximum atomic E-state index is 11.2. The lowest BCUT2D eigenvalue weighted by Crippen LogP contribution is -2.14. The van der Waals surface area contributed by atoms with Crippen molar-refractivity contribution in [1.82, 2.24) is 4.98 Å². The number of nitro benzene ring substituents is 1. The zero-order chi connectivity index (χ0) is 18.6. The largest absolute Gasteiger partial charge is 0.383 e. The molecule has 0 saturated carbocycles. The van der Waals surface area contributed by atoms with E-state index >= 15 is 0 Å². The molecule has 2 N–H and O–H groups in total. The summed E-state index contributed by atoms with van der Waals surface area (Å²) in [7, 11) is 0. The van der Waals surface area contributed by atoms with E-state index in [1.54, 1.807) is 24.4 Å². The Morgan fingerprint density at radius 1 is 0.815 bits per heavy atom. The Morgan fingerprint density at radius 3 is 2.41 bits per heavy atom. The molecule has 6 heteroatoms. The van der Waals surface area contributed by atoms with Crippen LogP contribution in [-0.4, -0.2) is 23.0 Å². The molecule has 134 valence electrons. The van der Waals surface area contributed by atoms with Gasteiger partial charge in [-0.3, -0.25) is 15.1 Å². The van der Waals surface area contributed by atoms with E-state index in [0.29, 0.717) is 24.0 Å². The minimum Gasteiger partial charge on any atom is -0.383 e. The number of non-ortho nitro benzene ring substituents is 1. The second-order valence-corrected chi connectivity index (χ2v) is 6.17. The Kier molecular flexibility index (Phi) is 4.53. The van der Waals surface area contributed by atoms with Crippen molar-refractivity contribution in [1.29, 1.82) is 0 Å². The van der Waals surface area contributed by atoms with Gasteiger partial charge in [-0.05, 0) is 29.7 Å². The van der Waals surface area contributed by atoms with Crippen LogP contribution in [0.2, 0.25) is 0 Å². The maximum absolute atomic E-state index is 11.2. The van der Waals surface area contributed by atoms with Crippen LogP contribution in [0.4, 0.5) is 17.1 Å². The molecule has 27 heavy (non-hydrogen) atoms. The smallest absolute Gasteiger partial charge is 0.278 e. The third kappa shape index (κ3) is 3.37. The van der Waals surface area contributed by atoms with Crippen LogP contribution >= 0.6 is 0 Å². The fraction of sp³-hybridized carbons (Fsp3) is 0.0952. The van der Waals surface area contributed by atoms with Crippen molar-refractivity contribution < 1.29 is 4.92 Å². The highest BCUT2D eigenvalue weighted by atomic mass is 16.6. The van der Waals surface area contributed by atoms with Crippen LogP contribution in [0.1, 0.15) is 0 Å². The molecule has 0 radical (unpaired) electrons. The van der Waals surface area contributed by atoms with Crippen molar-refractivity contribution >= 4 is 38.7 Å². The summed E-state index contributed by atoms with van der Waals surface area (Å²) in [4.78, 5) is 15.1. The molecule has 0 spiro atoms. The number of pyridine rings is 1. The maximum Gasteiger partial charge on any atom is 0.278 e. The van der Waals surface area contributed by atoms with Crippen molar-refractivity contribution in [3.63, 3.8) is 0 Å². The molecule has 0 aliphatic rings. The van der Waals surface area contributed by atoms with E-state index in [0.717, 1.165) is 11.4 Å². The predicted molar refractivity (Wildman–Crippen MR) is 109 cm³/mol. The molecular formula is C21H18N4O2. The number of rotatable bonds is 6. The Hall–Kier alpha value is -3.67. The standard InChI is InChI=1S/C21H18N4O2/c26-25(27)20-11-10-19(21-17(20)8-4-12-24-21)23-14-13-22-18-9-3-6-15-5-1-2-7-16(15)18/h1-12,22-23H,13-14H2. The van der Waals surface area contributed by atoms with Crippen LogP contribution < -0.4 is 10.6 Å². The summed E-state index contributed by atoms with van der Waals surface area (Å²) in [5.41, 5.74) is 2.55. The fourth-order valence-corrected chi connectivity index (χ4v) is 3.23. The summed E-state index contributed by atoms with van der Waals surface area (Å²) in [6, 6.07) is 21.1. The second kappa shape index (κ2) is 7.29. The van der Waals surface area contributed by atoms with E-state index in [4.69, 9.17) is 0 Å². The highest BCUT2D eigenvalue weighted by Gasteiger charge is 2.14. The summed E-state index contributed by atoms with van der Waals surface area (Å²) in [5, 5.41) is 20.9. The quantitative estimate of drug-likeness (QED) is 0.293. The highest BCUT2D eigenvalue weighted by molar-refractivity contribution is 5.97. The predicted octanol–water partition coefficient (Wildman–Crippen LogP) is 4.82. The van der Waals surface area contributed by atoms with Gasteiger partial charge in [0.25, 0.3) is 5.69 Å². The molecule has 0 fully saturated rings. The van der Waals surface area contributed by atoms with Crippen LogP contribution in [-0.2, 0) is 0 Å². The summed E-state index contributed by atoms with van der Waals surface area (Å²) in [5.74, 6) is 0. The van der Waals surface area contributed by atoms with Gasteiger partial charge in [-0.2, -0.15) is 0 Å². The number of hydrogen-bond acceptors (Lipinski definition) is 5. The molecule has 0 aliphatic carbocycles. The van der Waals surface area contributed by atoms with E-state index in [-0.39, 0.29) is 10.6 Å². The topological polar surface area (TPSA) is 80.1 Å². The Bertz CT molecular complexity index is 1120. The number of nitro groups is 1. The number of hydrogen-bond donors (Lipinski definition) is 2. The van der Waals surface area contributed by atoms with E-state index < -0.39 is 0 Å². The van der Waals surface area contributed by atoms with Crippen LogP contribution in [0.3, 0.4) is 0 Å². The fourth-order valence-electron chi connectivity index (χ4n) is 3.23. The van der Waals surface area contributed by atoms with Crippen molar-refractivity contribution in [2.24, 2.45) is 0 Å². The summed E-state index contributed by atoms with van der Waals surface area (Å²) < 4.78 is 0. The Labute approximate surface area is 156 Å². The lowest BCUT2D eigenvalue weighted by molar-refractivity contribution is -0.383. The van der Waals surface area contributed by atoms with Gasteiger partial charge >= 0.3 is 0 Å². The molecule has 4 aromatic rings. The molecular weight excluding hydrogens is 340 g/mol. The Balaban J connectivity index is 1.48. The summed E-state index contributed by atoms with van der Waals surface area (Å²) >= 11 is 0. The van der Waals surface area contributed by atoms with Gasteiger partial charge in [0.15, 0.2) is 0 Å². The van der Waals surface area contributed by atoms with Gasteiger partial charge in [0.1, 0.15) is 5.52 Å². The molecule has 0 bridgehead atoms.